The van der Waals surface area contributed by atoms with Crippen LogP contribution >= 0.6 is 0 Å². The normalized spacial score (nSPS) is 16.0. The molecule has 2 N–H and O–H groups in total. The second kappa shape index (κ2) is 7.54. The van der Waals surface area contributed by atoms with Crippen molar-refractivity contribution < 1.29 is 14.0 Å². The summed E-state index contributed by atoms with van der Waals surface area (Å²) in [7, 11) is 0. The summed E-state index contributed by atoms with van der Waals surface area (Å²) in [4.78, 5) is 24.4. The number of rotatable bonds is 4. The standard InChI is InChI=1S/C23H22FN3O2/c1-14-10-21(15(2)27(14)20-8-6-18(24)7-9-20)23(29)26-19-5-3-4-16(11-19)17-12-22(28)25-13-17/h3-11,17H,12-13H2,1-2H3,(H,25,28)(H,26,29). The van der Waals surface area contributed by atoms with Crippen LogP contribution in [0.1, 0.15) is 39.6 Å². The SMILES string of the molecule is Cc1cc(C(=O)Nc2cccc(C3CNC(=O)C3)c2)c(C)n1-c1ccc(F)cc1. The van der Waals surface area contributed by atoms with Crippen molar-refractivity contribution in [1.29, 1.82) is 0 Å². The van der Waals surface area contributed by atoms with Crippen LogP contribution in [0.25, 0.3) is 5.69 Å². The van der Waals surface area contributed by atoms with E-state index in [0.717, 1.165) is 22.6 Å². The third-order valence-corrected chi connectivity index (χ3v) is 5.35. The Morgan fingerprint density at radius 2 is 1.90 bits per heavy atom. The predicted octanol–water partition coefficient (Wildman–Crippen LogP) is 4.09. The number of aromatic nitrogens is 1. The number of carbonyl (C=O) groups is 2. The van der Waals surface area contributed by atoms with E-state index >= 15 is 0 Å². The Bertz CT molecular complexity index is 1090. The predicted molar refractivity (Wildman–Crippen MR) is 110 cm³/mol. The van der Waals surface area contributed by atoms with Gasteiger partial charge in [-0.05, 0) is 61.9 Å². The van der Waals surface area contributed by atoms with Crippen molar-refractivity contribution >= 4 is 17.5 Å². The molecule has 0 radical (unpaired) electrons. The minimum absolute atomic E-state index is 0.0534. The van der Waals surface area contributed by atoms with E-state index in [9.17, 15) is 14.0 Å². The summed E-state index contributed by atoms with van der Waals surface area (Å²) in [6.45, 7) is 4.41. The lowest BCUT2D eigenvalue weighted by Crippen LogP contribution is -2.14. The zero-order valence-corrected chi connectivity index (χ0v) is 16.3. The molecule has 1 aliphatic heterocycles. The van der Waals surface area contributed by atoms with Crippen molar-refractivity contribution in [1.82, 2.24) is 9.88 Å². The highest BCUT2D eigenvalue weighted by atomic mass is 19.1. The van der Waals surface area contributed by atoms with Crippen LogP contribution in [-0.2, 0) is 4.79 Å². The van der Waals surface area contributed by atoms with Crippen molar-refractivity contribution in [2.75, 3.05) is 11.9 Å². The molecule has 1 atom stereocenters. The monoisotopic (exact) mass is 391 g/mol. The van der Waals surface area contributed by atoms with E-state index in [2.05, 4.69) is 10.6 Å². The van der Waals surface area contributed by atoms with Gasteiger partial charge in [0.05, 0.1) is 5.56 Å². The molecule has 1 aliphatic rings. The molecule has 0 bridgehead atoms. The third-order valence-electron chi connectivity index (χ3n) is 5.35. The minimum atomic E-state index is -0.298. The number of halogens is 1. The molecule has 1 fully saturated rings. The molecule has 2 aromatic carbocycles. The highest BCUT2D eigenvalue weighted by Crippen LogP contribution is 2.26. The maximum Gasteiger partial charge on any atom is 0.257 e. The molecule has 0 spiro atoms. The molecule has 4 rings (SSSR count). The highest BCUT2D eigenvalue weighted by Gasteiger charge is 2.23. The summed E-state index contributed by atoms with van der Waals surface area (Å²) in [5.74, 6) is -0.321. The average Bonchev–Trinajstić information content (AvgIpc) is 3.26. The Kier molecular flexibility index (Phi) is 4.92. The highest BCUT2D eigenvalue weighted by molar-refractivity contribution is 6.05. The molecule has 3 aromatic rings. The quantitative estimate of drug-likeness (QED) is 0.704. The second-order valence-electron chi connectivity index (χ2n) is 7.38. The van der Waals surface area contributed by atoms with Crippen LogP contribution in [0.2, 0.25) is 0 Å². The lowest BCUT2D eigenvalue weighted by Gasteiger charge is -2.12. The summed E-state index contributed by atoms with van der Waals surface area (Å²) in [6.07, 6.45) is 0.468. The Hall–Kier alpha value is -3.41. The summed E-state index contributed by atoms with van der Waals surface area (Å²) >= 11 is 0. The smallest absolute Gasteiger partial charge is 0.257 e. The van der Waals surface area contributed by atoms with Crippen molar-refractivity contribution in [3.05, 3.63) is 82.9 Å². The lowest BCUT2D eigenvalue weighted by molar-refractivity contribution is -0.119. The van der Waals surface area contributed by atoms with E-state index in [1.165, 1.54) is 12.1 Å². The fourth-order valence-electron chi connectivity index (χ4n) is 3.89. The number of nitrogens with zero attached hydrogens (tertiary/aromatic N) is 1. The number of carbonyl (C=O) groups excluding carboxylic acids is 2. The molecule has 2 amide bonds. The first-order valence-corrected chi connectivity index (χ1v) is 9.55. The van der Waals surface area contributed by atoms with Crippen LogP contribution in [0.15, 0.2) is 54.6 Å². The number of aryl methyl sites for hydroxylation is 1. The van der Waals surface area contributed by atoms with Crippen LogP contribution < -0.4 is 10.6 Å². The van der Waals surface area contributed by atoms with Crippen molar-refractivity contribution in [2.45, 2.75) is 26.2 Å². The molecule has 0 saturated carbocycles. The van der Waals surface area contributed by atoms with Gasteiger partial charge in [0.1, 0.15) is 5.82 Å². The van der Waals surface area contributed by atoms with Crippen LogP contribution in [0.3, 0.4) is 0 Å². The van der Waals surface area contributed by atoms with Crippen LogP contribution in [0, 0.1) is 19.7 Å². The first-order valence-electron chi connectivity index (χ1n) is 9.55. The average molecular weight is 391 g/mol. The summed E-state index contributed by atoms with van der Waals surface area (Å²) in [5, 5.41) is 5.79. The van der Waals surface area contributed by atoms with Gasteiger partial charge in [-0.15, -0.1) is 0 Å². The molecule has 0 aliphatic carbocycles. The third kappa shape index (κ3) is 3.78. The van der Waals surface area contributed by atoms with E-state index in [-0.39, 0.29) is 23.5 Å². The minimum Gasteiger partial charge on any atom is -0.355 e. The number of benzene rings is 2. The van der Waals surface area contributed by atoms with Crippen molar-refractivity contribution in [3.63, 3.8) is 0 Å². The van der Waals surface area contributed by atoms with E-state index < -0.39 is 0 Å². The fraction of sp³-hybridized carbons (Fsp3) is 0.217. The number of hydrogen-bond acceptors (Lipinski definition) is 2. The lowest BCUT2D eigenvalue weighted by atomic mass is 9.98. The van der Waals surface area contributed by atoms with Gasteiger partial charge >= 0.3 is 0 Å². The Morgan fingerprint density at radius 3 is 2.59 bits per heavy atom. The van der Waals surface area contributed by atoms with Crippen LogP contribution in [0.4, 0.5) is 10.1 Å². The van der Waals surface area contributed by atoms with Crippen molar-refractivity contribution in [3.8, 4) is 5.69 Å². The molecular weight excluding hydrogens is 369 g/mol. The van der Waals surface area contributed by atoms with Gasteiger partial charge < -0.3 is 15.2 Å². The van der Waals surface area contributed by atoms with Crippen LogP contribution in [0.5, 0.6) is 0 Å². The summed E-state index contributed by atoms with van der Waals surface area (Å²) in [6, 6.07) is 15.6. The van der Waals surface area contributed by atoms with Gasteiger partial charge in [-0.3, -0.25) is 9.59 Å². The van der Waals surface area contributed by atoms with Gasteiger partial charge in [-0.1, -0.05) is 12.1 Å². The molecule has 1 aromatic heterocycles. The molecule has 148 valence electrons. The molecule has 29 heavy (non-hydrogen) atoms. The number of amides is 2. The topological polar surface area (TPSA) is 63.1 Å². The van der Waals surface area contributed by atoms with E-state index in [1.807, 2.05) is 48.7 Å². The van der Waals surface area contributed by atoms with Gasteiger partial charge in [-0.25, -0.2) is 4.39 Å². The molecule has 1 saturated heterocycles. The zero-order valence-electron chi connectivity index (χ0n) is 16.3. The number of nitrogens with one attached hydrogen (secondary N) is 2. The molecule has 2 heterocycles. The van der Waals surface area contributed by atoms with Gasteiger partial charge in [0.2, 0.25) is 5.91 Å². The van der Waals surface area contributed by atoms with E-state index in [0.29, 0.717) is 24.2 Å². The maximum atomic E-state index is 13.2. The van der Waals surface area contributed by atoms with Gasteiger partial charge in [-0.2, -0.15) is 0 Å². The second-order valence-corrected chi connectivity index (χ2v) is 7.38. The first-order chi connectivity index (χ1) is 13.9. The summed E-state index contributed by atoms with van der Waals surface area (Å²) < 4.78 is 15.2. The summed E-state index contributed by atoms with van der Waals surface area (Å²) in [5.41, 5.74) is 4.77. The fourth-order valence-corrected chi connectivity index (χ4v) is 3.89. The van der Waals surface area contributed by atoms with Gasteiger partial charge in [0.25, 0.3) is 5.91 Å². The Labute approximate surface area is 168 Å². The number of anilines is 1. The van der Waals surface area contributed by atoms with Gasteiger partial charge in [0, 0.05) is 41.6 Å². The molecular formula is C23H22FN3O2. The molecule has 5 nitrogen and oxygen atoms in total. The van der Waals surface area contributed by atoms with E-state index in [4.69, 9.17) is 0 Å². The van der Waals surface area contributed by atoms with Crippen molar-refractivity contribution in [2.24, 2.45) is 0 Å². The van der Waals surface area contributed by atoms with Gasteiger partial charge in [0.15, 0.2) is 0 Å². The van der Waals surface area contributed by atoms with E-state index in [1.54, 1.807) is 12.1 Å². The molecule has 1 unspecified atom stereocenters. The largest absolute Gasteiger partial charge is 0.355 e. The Morgan fingerprint density at radius 1 is 1.14 bits per heavy atom. The Balaban J connectivity index is 1.57. The number of hydrogen-bond donors (Lipinski definition) is 2. The molecule has 6 heteroatoms. The maximum absolute atomic E-state index is 13.2. The zero-order chi connectivity index (χ0) is 20.5. The first kappa shape index (κ1) is 18.9. The van der Waals surface area contributed by atoms with Crippen LogP contribution in [-0.4, -0.2) is 22.9 Å².